The summed E-state index contributed by atoms with van der Waals surface area (Å²) < 4.78 is 10.7. The first-order chi connectivity index (χ1) is 16.1. The van der Waals surface area contributed by atoms with E-state index in [0.29, 0.717) is 23.0 Å². The molecule has 0 saturated carbocycles. The van der Waals surface area contributed by atoms with Gasteiger partial charge in [-0.25, -0.2) is 9.78 Å². The average molecular weight is 466 g/mol. The predicted octanol–water partition coefficient (Wildman–Crippen LogP) is 4.19. The van der Waals surface area contributed by atoms with E-state index in [1.165, 1.54) is 6.08 Å². The predicted molar refractivity (Wildman–Crippen MR) is 132 cm³/mol. The second kappa shape index (κ2) is 10.1. The highest BCUT2D eigenvalue weighted by Gasteiger charge is 2.17. The molecular weight excluding hydrogens is 436 g/mol. The Morgan fingerprint density at radius 1 is 1.12 bits per heavy atom. The molecule has 10 nitrogen and oxygen atoms in total. The molecule has 0 aliphatic carbocycles. The number of methoxy groups -OCH3 is 2. The van der Waals surface area contributed by atoms with Crippen molar-refractivity contribution in [1.29, 1.82) is 0 Å². The van der Waals surface area contributed by atoms with Gasteiger partial charge in [-0.3, -0.25) is 5.32 Å². The summed E-state index contributed by atoms with van der Waals surface area (Å²) in [7, 11) is 3.15. The van der Waals surface area contributed by atoms with Crippen LogP contribution in [-0.2, 0) is 0 Å². The summed E-state index contributed by atoms with van der Waals surface area (Å²) in [6.07, 6.45) is 2.85. The highest BCUT2D eigenvalue weighted by Crippen LogP contribution is 2.33. The number of nitrogens with zero attached hydrogens (tertiary/aromatic N) is 2. The molecule has 0 atom stereocenters. The van der Waals surface area contributed by atoms with E-state index >= 15 is 0 Å². The molecule has 0 bridgehead atoms. The van der Waals surface area contributed by atoms with Crippen LogP contribution in [-0.4, -0.2) is 36.2 Å². The van der Waals surface area contributed by atoms with Gasteiger partial charge in [-0.2, -0.15) is 4.99 Å². The zero-order valence-corrected chi connectivity index (χ0v) is 19.8. The number of H-pyrrole nitrogens is 1. The van der Waals surface area contributed by atoms with Gasteiger partial charge in [-0.1, -0.05) is 20.8 Å². The van der Waals surface area contributed by atoms with Crippen LogP contribution in [0.15, 0.2) is 59.6 Å². The lowest BCUT2D eigenvalue weighted by molar-refractivity contribution is -0.363. The minimum absolute atomic E-state index is 0.0356. The zero-order valence-electron chi connectivity index (χ0n) is 19.8. The van der Waals surface area contributed by atoms with Crippen LogP contribution in [0.25, 0.3) is 10.9 Å². The first kappa shape index (κ1) is 24.3. The largest absolute Gasteiger partial charge is 0.512 e. The first-order valence-corrected chi connectivity index (χ1v) is 10.5. The molecule has 0 aliphatic rings. The molecule has 0 fully saturated rings. The Kier molecular flexibility index (Phi) is 7.20. The molecule has 178 valence electrons. The fraction of sp³-hybridized carbons (Fsp3) is 0.250. The van der Waals surface area contributed by atoms with E-state index in [4.69, 9.17) is 15.2 Å². The van der Waals surface area contributed by atoms with Gasteiger partial charge in [0.2, 0.25) is 12.1 Å². The number of aromatic amines is 1. The number of urea groups is 1. The minimum Gasteiger partial charge on any atom is -0.512 e. The number of fused-ring (bicyclic) bond motifs is 1. The molecule has 1 heterocycles. The molecule has 34 heavy (non-hydrogen) atoms. The van der Waals surface area contributed by atoms with Gasteiger partial charge in [-0.15, -0.1) is 4.98 Å². The third kappa shape index (κ3) is 5.91. The number of amidine groups is 1. The molecule has 2 aromatic carbocycles. The van der Waals surface area contributed by atoms with Crippen LogP contribution >= 0.6 is 0 Å². The van der Waals surface area contributed by atoms with Gasteiger partial charge in [0.1, 0.15) is 11.6 Å². The summed E-state index contributed by atoms with van der Waals surface area (Å²) in [5.74, 6) is 1.84. The summed E-state index contributed by atoms with van der Waals surface area (Å²) in [4.78, 5) is 23.3. The normalized spacial score (nSPS) is 12.4. The second-order valence-corrected chi connectivity index (χ2v) is 8.45. The molecule has 0 spiro atoms. The van der Waals surface area contributed by atoms with E-state index < -0.39 is 11.4 Å². The van der Waals surface area contributed by atoms with Gasteiger partial charge in [0, 0.05) is 29.3 Å². The van der Waals surface area contributed by atoms with Crippen LogP contribution in [0, 0.1) is 5.41 Å². The lowest BCUT2D eigenvalue weighted by Crippen LogP contribution is -2.18. The van der Waals surface area contributed by atoms with Crippen molar-refractivity contribution in [2.24, 2.45) is 16.1 Å². The number of aromatic nitrogens is 2. The van der Waals surface area contributed by atoms with Crippen LogP contribution in [0.2, 0.25) is 0 Å². The highest BCUT2D eigenvalue weighted by molar-refractivity contribution is 6.03. The quantitative estimate of drug-likeness (QED) is 0.243. The van der Waals surface area contributed by atoms with E-state index in [2.05, 4.69) is 25.6 Å². The molecule has 0 aliphatic heterocycles. The summed E-state index contributed by atoms with van der Waals surface area (Å²) in [6, 6.07) is 10.0. The van der Waals surface area contributed by atoms with E-state index in [0.717, 1.165) is 16.6 Å². The van der Waals surface area contributed by atoms with E-state index in [9.17, 15) is 9.90 Å². The number of aliphatic imine (C=N–C) groups is 1. The van der Waals surface area contributed by atoms with Crippen molar-refractivity contribution in [3.8, 4) is 11.5 Å². The van der Waals surface area contributed by atoms with E-state index in [1.54, 1.807) is 50.9 Å². The number of aliphatic hydroxyl groups excluding tert-OH is 1. The fourth-order valence-corrected chi connectivity index (χ4v) is 2.96. The van der Waals surface area contributed by atoms with Gasteiger partial charge in [0.05, 0.1) is 25.3 Å². The van der Waals surface area contributed by atoms with Crippen molar-refractivity contribution < 1.29 is 24.4 Å². The van der Waals surface area contributed by atoms with Crippen molar-refractivity contribution in [1.82, 2.24) is 4.98 Å². The third-order valence-corrected chi connectivity index (χ3v) is 4.87. The Bertz CT molecular complexity index is 1250. The standard InChI is InChI=1S/C24H28N6O4/c1-24(2,3)20(31)12-21(25)30-23(32)29-15-8-6-14(7-9-15)28-22-16-10-18(33-4)19(34-5)11-17(16)26-13-27-22/h6-13,31H,1-5H3,(H,26,27,28)(H3,25,29,30,32)/p+1/b20-12-. The molecule has 6 N–H and O–H groups in total. The molecule has 0 radical (unpaired) electrons. The smallest absolute Gasteiger partial charge is 0.347 e. The van der Waals surface area contributed by atoms with Crippen molar-refractivity contribution in [2.45, 2.75) is 20.8 Å². The van der Waals surface area contributed by atoms with Crippen molar-refractivity contribution >= 4 is 40.0 Å². The number of carbonyl (C=O) groups excluding carboxylic acids is 1. The van der Waals surface area contributed by atoms with Gasteiger partial charge >= 0.3 is 6.03 Å². The van der Waals surface area contributed by atoms with Gasteiger partial charge in [-0.05, 0) is 24.3 Å². The molecule has 0 saturated heterocycles. The van der Waals surface area contributed by atoms with Crippen LogP contribution < -0.4 is 30.8 Å². The maximum Gasteiger partial charge on any atom is 0.347 e. The summed E-state index contributed by atoms with van der Waals surface area (Å²) in [6.45, 7) is 5.46. The Morgan fingerprint density at radius 3 is 2.35 bits per heavy atom. The number of rotatable bonds is 6. The summed E-state index contributed by atoms with van der Waals surface area (Å²) in [5.41, 5.74) is 7.28. The number of ether oxygens (including phenoxy) is 2. The maximum absolute atomic E-state index is 12.1. The SMILES string of the molecule is COc1cc2nc[nH+]c(Nc3ccc(NC(=O)/N=C(N)\C=C(/O)C(C)(C)C)cc3)c2cc1OC. The summed E-state index contributed by atoms with van der Waals surface area (Å²) >= 11 is 0. The number of carbonyl (C=O) groups is 1. The van der Waals surface area contributed by atoms with E-state index in [1.807, 2.05) is 26.8 Å². The van der Waals surface area contributed by atoms with Crippen LogP contribution in [0.1, 0.15) is 20.8 Å². The number of benzene rings is 2. The highest BCUT2D eigenvalue weighted by atomic mass is 16.5. The van der Waals surface area contributed by atoms with Gasteiger partial charge in [0.25, 0.3) is 0 Å². The zero-order chi connectivity index (χ0) is 24.9. The fourth-order valence-electron chi connectivity index (χ4n) is 2.96. The van der Waals surface area contributed by atoms with E-state index in [-0.39, 0.29) is 11.6 Å². The number of allylic oxidation sites excluding steroid dienone is 1. The van der Waals surface area contributed by atoms with Crippen LogP contribution in [0.3, 0.4) is 0 Å². The number of hydrogen-bond acceptors (Lipinski definition) is 6. The Labute approximate surface area is 197 Å². The number of nitrogens with two attached hydrogens (primary N) is 1. The topological polar surface area (TPSA) is 145 Å². The molecular formula is C24H29N6O4+. The molecule has 3 aromatic rings. The molecule has 10 heteroatoms. The van der Waals surface area contributed by atoms with Crippen LogP contribution in [0.4, 0.5) is 22.0 Å². The minimum atomic E-state index is -0.648. The second-order valence-electron chi connectivity index (χ2n) is 8.45. The van der Waals surface area contributed by atoms with Gasteiger partial charge in [0.15, 0.2) is 17.0 Å². The molecule has 2 amide bonds. The Hall–Kier alpha value is -4.34. The molecule has 1 aromatic heterocycles. The molecule has 3 rings (SSSR count). The lowest BCUT2D eigenvalue weighted by atomic mass is 9.93. The lowest BCUT2D eigenvalue weighted by Gasteiger charge is -2.16. The number of hydrogen-bond donors (Lipinski definition) is 4. The number of aliphatic hydroxyl groups is 1. The van der Waals surface area contributed by atoms with Crippen molar-refractivity contribution in [3.63, 3.8) is 0 Å². The summed E-state index contributed by atoms with van der Waals surface area (Å²) in [5, 5.41) is 16.7. The number of amides is 2. The average Bonchev–Trinajstić information content (AvgIpc) is 2.78. The van der Waals surface area contributed by atoms with Crippen LogP contribution in [0.5, 0.6) is 11.5 Å². The first-order valence-electron chi connectivity index (χ1n) is 10.5. The number of nitrogens with one attached hydrogen (secondary N) is 3. The number of anilines is 3. The Balaban J connectivity index is 1.74. The Morgan fingerprint density at radius 2 is 1.74 bits per heavy atom. The van der Waals surface area contributed by atoms with Crippen molar-refractivity contribution in [3.05, 3.63) is 54.6 Å². The monoisotopic (exact) mass is 465 g/mol. The van der Waals surface area contributed by atoms with Gasteiger partial charge < -0.3 is 25.6 Å². The maximum atomic E-state index is 12.1. The van der Waals surface area contributed by atoms with Crippen molar-refractivity contribution in [2.75, 3.05) is 24.9 Å². The molecule has 0 unspecified atom stereocenters. The third-order valence-electron chi connectivity index (χ3n) is 4.87.